The summed E-state index contributed by atoms with van der Waals surface area (Å²) in [6.45, 7) is 2.31. The lowest BCUT2D eigenvalue weighted by Crippen LogP contribution is -2.39. The van der Waals surface area contributed by atoms with Gasteiger partial charge in [-0.2, -0.15) is 0 Å². The van der Waals surface area contributed by atoms with Gasteiger partial charge >= 0.3 is 5.97 Å². The van der Waals surface area contributed by atoms with Gasteiger partial charge in [-0.1, -0.05) is 30.2 Å². The number of aryl methyl sites for hydroxylation is 1. The molecular formula is C17H21FN4O2. The van der Waals surface area contributed by atoms with Gasteiger partial charge in [0, 0.05) is 12.6 Å². The Kier molecular flexibility index (Phi) is 4.89. The summed E-state index contributed by atoms with van der Waals surface area (Å²) in [6.07, 6.45) is 5.56. The van der Waals surface area contributed by atoms with Crippen molar-refractivity contribution in [3.8, 4) is 0 Å². The number of hydrogen-bond donors (Lipinski definition) is 2. The van der Waals surface area contributed by atoms with Gasteiger partial charge < -0.3 is 10.4 Å². The van der Waals surface area contributed by atoms with E-state index in [0.717, 1.165) is 31.2 Å². The van der Waals surface area contributed by atoms with Crippen molar-refractivity contribution >= 4 is 5.97 Å². The molecule has 24 heavy (non-hydrogen) atoms. The second-order valence-electron chi connectivity index (χ2n) is 6.31. The molecule has 7 heteroatoms. The quantitative estimate of drug-likeness (QED) is 0.880. The van der Waals surface area contributed by atoms with E-state index in [9.17, 15) is 9.18 Å². The van der Waals surface area contributed by atoms with E-state index in [1.54, 1.807) is 23.7 Å². The van der Waals surface area contributed by atoms with Crippen LogP contribution in [0.1, 0.15) is 53.3 Å². The molecule has 0 radical (unpaired) electrons. The first-order chi connectivity index (χ1) is 11.5. The van der Waals surface area contributed by atoms with Crippen LogP contribution in [0.3, 0.4) is 0 Å². The van der Waals surface area contributed by atoms with E-state index in [1.807, 2.05) is 6.07 Å². The molecule has 2 N–H and O–H groups in total. The number of aromatic carboxylic acids is 1. The third-order valence-corrected chi connectivity index (χ3v) is 4.60. The van der Waals surface area contributed by atoms with E-state index in [2.05, 4.69) is 15.6 Å². The van der Waals surface area contributed by atoms with Crippen molar-refractivity contribution in [2.75, 3.05) is 0 Å². The average molecular weight is 332 g/mol. The predicted octanol–water partition coefficient (Wildman–Crippen LogP) is 2.70. The number of nitrogens with one attached hydrogen (secondary N) is 1. The SMILES string of the molecule is Cc1ccc(CN[C@@H]2CCCC[C@@H]2n2cc(C(=O)O)nn2)cc1F. The van der Waals surface area contributed by atoms with Crippen LogP contribution in [0, 0.1) is 12.7 Å². The zero-order valence-corrected chi connectivity index (χ0v) is 13.6. The van der Waals surface area contributed by atoms with Crippen LogP contribution < -0.4 is 5.32 Å². The lowest BCUT2D eigenvalue weighted by Gasteiger charge is -2.32. The fourth-order valence-corrected chi connectivity index (χ4v) is 3.20. The number of halogens is 1. The van der Waals surface area contributed by atoms with Crippen LogP contribution in [0.25, 0.3) is 0 Å². The fourth-order valence-electron chi connectivity index (χ4n) is 3.20. The maximum absolute atomic E-state index is 13.7. The largest absolute Gasteiger partial charge is 0.476 e. The highest BCUT2D eigenvalue weighted by Gasteiger charge is 2.27. The minimum absolute atomic E-state index is 0.0417. The maximum Gasteiger partial charge on any atom is 0.358 e. The first-order valence-electron chi connectivity index (χ1n) is 8.18. The van der Waals surface area contributed by atoms with Crippen LogP contribution in [0.2, 0.25) is 0 Å². The van der Waals surface area contributed by atoms with Crippen LogP contribution in [-0.4, -0.2) is 32.1 Å². The van der Waals surface area contributed by atoms with Gasteiger partial charge in [0.05, 0.1) is 12.2 Å². The van der Waals surface area contributed by atoms with E-state index in [4.69, 9.17) is 5.11 Å². The summed E-state index contributed by atoms with van der Waals surface area (Å²) in [7, 11) is 0. The van der Waals surface area contributed by atoms with E-state index in [-0.39, 0.29) is 23.6 Å². The average Bonchev–Trinajstić information content (AvgIpc) is 3.06. The summed E-state index contributed by atoms with van der Waals surface area (Å²) in [5.74, 6) is -1.27. The molecule has 2 aromatic rings. The van der Waals surface area contributed by atoms with Crippen molar-refractivity contribution in [3.63, 3.8) is 0 Å². The number of rotatable bonds is 5. The molecule has 3 rings (SSSR count). The van der Waals surface area contributed by atoms with Gasteiger partial charge in [-0.25, -0.2) is 13.9 Å². The van der Waals surface area contributed by atoms with Crippen molar-refractivity contribution in [2.24, 2.45) is 0 Å². The van der Waals surface area contributed by atoms with Gasteiger partial charge in [-0.05, 0) is 37.0 Å². The lowest BCUT2D eigenvalue weighted by molar-refractivity contribution is 0.0690. The lowest BCUT2D eigenvalue weighted by atomic mass is 9.90. The molecule has 2 atom stereocenters. The minimum Gasteiger partial charge on any atom is -0.476 e. The Bertz CT molecular complexity index is 731. The Hall–Kier alpha value is -2.28. The number of carboxylic acids is 1. The molecule has 0 aliphatic heterocycles. The van der Waals surface area contributed by atoms with Gasteiger partial charge in [0.15, 0.2) is 5.69 Å². The summed E-state index contributed by atoms with van der Waals surface area (Å²) < 4.78 is 15.3. The zero-order chi connectivity index (χ0) is 17.1. The monoisotopic (exact) mass is 332 g/mol. The molecule has 1 fully saturated rings. The Labute approximate surface area is 139 Å². The molecular weight excluding hydrogens is 311 g/mol. The summed E-state index contributed by atoms with van der Waals surface area (Å²) in [6, 6.07) is 5.47. The van der Waals surface area contributed by atoms with Gasteiger partial charge in [-0.3, -0.25) is 0 Å². The zero-order valence-electron chi connectivity index (χ0n) is 13.6. The molecule has 1 aliphatic rings. The molecule has 0 amide bonds. The smallest absolute Gasteiger partial charge is 0.358 e. The molecule has 1 aliphatic carbocycles. The number of hydrogen-bond acceptors (Lipinski definition) is 4. The predicted molar refractivity (Wildman–Crippen MR) is 86.3 cm³/mol. The minimum atomic E-state index is -1.07. The van der Waals surface area contributed by atoms with E-state index in [1.165, 1.54) is 6.20 Å². The first kappa shape index (κ1) is 16.6. The molecule has 0 bridgehead atoms. The van der Waals surface area contributed by atoms with Crippen molar-refractivity contribution in [1.82, 2.24) is 20.3 Å². The number of carboxylic acid groups (broad SMARTS) is 1. The highest BCUT2D eigenvalue weighted by molar-refractivity contribution is 5.84. The number of benzene rings is 1. The number of aromatic nitrogens is 3. The van der Waals surface area contributed by atoms with Gasteiger partial charge in [0.2, 0.25) is 0 Å². The molecule has 1 aromatic carbocycles. The van der Waals surface area contributed by atoms with Crippen molar-refractivity contribution in [3.05, 3.63) is 47.0 Å². The maximum atomic E-state index is 13.7. The molecule has 0 spiro atoms. The third kappa shape index (κ3) is 3.62. The van der Waals surface area contributed by atoms with Gasteiger partial charge in [0.25, 0.3) is 0 Å². The Morgan fingerprint density at radius 2 is 2.21 bits per heavy atom. The second kappa shape index (κ2) is 7.09. The van der Waals surface area contributed by atoms with Crippen LogP contribution >= 0.6 is 0 Å². The second-order valence-corrected chi connectivity index (χ2v) is 6.31. The van der Waals surface area contributed by atoms with E-state index >= 15 is 0 Å². The normalized spacial score (nSPS) is 20.9. The van der Waals surface area contributed by atoms with Crippen LogP contribution in [0.4, 0.5) is 4.39 Å². The summed E-state index contributed by atoms with van der Waals surface area (Å²) in [5, 5.41) is 20.1. The highest BCUT2D eigenvalue weighted by atomic mass is 19.1. The van der Waals surface area contributed by atoms with Gasteiger partial charge in [0.1, 0.15) is 5.82 Å². The fraction of sp³-hybridized carbons (Fsp3) is 0.471. The number of carbonyl (C=O) groups is 1. The van der Waals surface area contributed by atoms with Crippen molar-refractivity contribution in [1.29, 1.82) is 0 Å². The first-order valence-corrected chi connectivity index (χ1v) is 8.18. The Balaban J connectivity index is 1.69. The van der Waals surface area contributed by atoms with E-state index in [0.29, 0.717) is 12.1 Å². The van der Waals surface area contributed by atoms with Crippen LogP contribution in [0.15, 0.2) is 24.4 Å². The van der Waals surface area contributed by atoms with Crippen molar-refractivity contribution < 1.29 is 14.3 Å². The number of nitrogens with zero attached hydrogens (tertiary/aromatic N) is 3. The Morgan fingerprint density at radius 3 is 2.92 bits per heavy atom. The summed E-state index contributed by atoms with van der Waals surface area (Å²) in [5.41, 5.74) is 1.49. The third-order valence-electron chi connectivity index (χ3n) is 4.60. The van der Waals surface area contributed by atoms with E-state index < -0.39 is 5.97 Å². The molecule has 1 heterocycles. The molecule has 1 saturated carbocycles. The van der Waals surface area contributed by atoms with Crippen molar-refractivity contribution in [2.45, 2.75) is 51.2 Å². The Morgan fingerprint density at radius 1 is 1.42 bits per heavy atom. The standard InChI is InChI=1S/C17H21FN4O2/c1-11-6-7-12(8-13(11)18)9-19-14-4-2-3-5-16(14)22-10-15(17(23)24)20-21-22/h6-8,10,14,16,19H,2-5,9H2,1H3,(H,23,24)/t14-,16+/m1/s1. The van der Waals surface area contributed by atoms with Crippen LogP contribution in [-0.2, 0) is 6.54 Å². The van der Waals surface area contributed by atoms with Gasteiger partial charge in [-0.15, -0.1) is 5.10 Å². The van der Waals surface area contributed by atoms with Crippen LogP contribution in [0.5, 0.6) is 0 Å². The molecule has 6 nitrogen and oxygen atoms in total. The molecule has 0 unspecified atom stereocenters. The topological polar surface area (TPSA) is 80.0 Å². The summed E-state index contributed by atoms with van der Waals surface area (Å²) in [4.78, 5) is 11.0. The summed E-state index contributed by atoms with van der Waals surface area (Å²) >= 11 is 0. The highest BCUT2D eigenvalue weighted by Crippen LogP contribution is 2.28. The molecule has 128 valence electrons. The molecule has 1 aromatic heterocycles. The molecule has 0 saturated heterocycles.